The molecular weight excluding hydrogens is 449 g/mol. The van der Waals surface area contributed by atoms with Crippen molar-refractivity contribution in [3.8, 4) is 0 Å². The van der Waals surface area contributed by atoms with Crippen molar-refractivity contribution in [1.82, 2.24) is 20.8 Å². The maximum Gasteiger partial charge on any atom is 0.191 e. The van der Waals surface area contributed by atoms with Crippen molar-refractivity contribution in [3.05, 3.63) is 53.3 Å². The molecule has 0 spiro atoms. The number of rotatable bonds is 8. The second-order valence-corrected chi connectivity index (χ2v) is 7.25. The summed E-state index contributed by atoms with van der Waals surface area (Å²) in [6, 6.07) is 10.9. The zero-order valence-corrected chi connectivity index (χ0v) is 18.8. The molecule has 0 amide bonds. The summed E-state index contributed by atoms with van der Waals surface area (Å²) in [7, 11) is 0. The number of aliphatic imine (C=N–C) groups is 1. The average molecular weight is 481 g/mol. The van der Waals surface area contributed by atoms with Crippen molar-refractivity contribution < 1.29 is 0 Å². The number of nitrogens with zero attached hydrogens (tertiary/aromatic N) is 2. The highest BCUT2D eigenvalue weighted by atomic mass is 127. The SMILES string of the molecule is CCNC(=NCC1(c2ccccc2)CCC1)NCCCc1cn[nH]c1C.I. The highest BCUT2D eigenvalue weighted by Gasteiger charge is 2.38. The van der Waals surface area contributed by atoms with Crippen molar-refractivity contribution in [2.45, 2.75) is 51.4 Å². The highest BCUT2D eigenvalue weighted by Crippen LogP contribution is 2.43. The lowest BCUT2D eigenvalue weighted by Crippen LogP contribution is -2.42. The summed E-state index contributed by atoms with van der Waals surface area (Å²) >= 11 is 0. The second kappa shape index (κ2) is 10.7. The molecule has 1 aliphatic carbocycles. The number of nitrogens with one attached hydrogen (secondary N) is 3. The number of H-pyrrole nitrogens is 1. The van der Waals surface area contributed by atoms with E-state index in [0.717, 1.165) is 38.4 Å². The zero-order chi connectivity index (χ0) is 18.2. The van der Waals surface area contributed by atoms with Gasteiger partial charge in [-0.1, -0.05) is 36.8 Å². The van der Waals surface area contributed by atoms with Crippen molar-refractivity contribution >= 4 is 29.9 Å². The number of aromatic amines is 1. The molecule has 3 N–H and O–H groups in total. The van der Waals surface area contributed by atoms with E-state index < -0.39 is 0 Å². The average Bonchev–Trinajstić information content (AvgIpc) is 3.03. The van der Waals surface area contributed by atoms with E-state index in [1.54, 1.807) is 0 Å². The van der Waals surface area contributed by atoms with Crippen LogP contribution < -0.4 is 10.6 Å². The number of hydrogen-bond acceptors (Lipinski definition) is 2. The fraction of sp³-hybridized carbons (Fsp3) is 0.524. The predicted molar refractivity (Wildman–Crippen MR) is 123 cm³/mol. The molecule has 1 fully saturated rings. The fourth-order valence-electron chi connectivity index (χ4n) is 3.62. The van der Waals surface area contributed by atoms with Crippen LogP contribution in [0.2, 0.25) is 0 Å². The molecule has 1 saturated carbocycles. The summed E-state index contributed by atoms with van der Waals surface area (Å²) in [6.07, 6.45) is 7.80. The predicted octanol–water partition coefficient (Wildman–Crippen LogP) is 3.95. The number of aryl methyl sites for hydroxylation is 2. The molecule has 1 aliphatic rings. The Hall–Kier alpha value is -1.57. The summed E-state index contributed by atoms with van der Waals surface area (Å²) < 4.78 is 0. The van der Waals surface area contributed by atoms with E-state index in [-0.39, 0.29) is 29.4 Å². The van der Waals surface area contributed by atoms with Gasteiger partial charge < -0.3 is 10.6 Å². The first-order valence-electron chi connectivity index (χ1n) is 9.80. The van der Waals surface area contributed by atoms with Gasteiger partial charge in [-0.05, 0) is 50.7 Å². The number of hydrogen-bond donors (Lipinski definition) is 3. The van der Waals surface area contributed by atoms with E-state index in [1.165, 1.54) is 36.1 Å². The van der Waals surface area contributed by atoms with E-state index in [4.69, 9.17) is 4.99 Å². The van der Waals surface area contributed by atoms with Gasteiger partial charge in [0.1, 0.15) is 0 Å². The minimum Gasteiger partial charge on any atom is -0.357 e. The molecule has 5 nitrogen and oxygen atoms in total. The van der Waals surface area contributed by atoms with Crippen LogP contribution in [0, 0.1) is 6.92 Å². The third kappa shape index (κ3) is 5.70. The summed E-state index contributed by atoms with van der Waals surface area (Å²) in [5.41, 5.74) is 4.13. The Balaban J connectivity index is 0.00000261. The summed E-state index contributed by atoms with van der Waals surface area (Å²) in [6.45, 7) is 6.83. The van der Waals surface area contributed by atoms with Gasteiger partial charge in [-0.2, -0.15) is 5.10 Å². The van der Waals surface area contributed by atoms with Crippen molar-refractivity contribution in [3.63, 3.8) is 0 Å². The first-order valence-corrected chi connectivity index (χ1v) is 9.80. The van der Waals surface area contributed by atoms with Crippen molar-refractivity contribution in [1.29, 1.82) is 0 Å². The first-order chi connectivity index (χ1) is 12.7. The van der Waals surface area contributed by atoms with Crippen LogP contribution in [0.25, 0.3) is 0 Å². The van der Waals surface area contributed by atoms with E-state index in [1.807, 2.05) is 6.20 Å². The van der Waals surface area contributed by atoms with Crippen LogP contribution in [0.15, 0.2) is 41.5 Å². The summed E-state index contributed by atoms with van der Waals surface area (Å²) in [5, 5.41) is 13.9. The standard InChI is InChI=1S/C21H31N5.HI/c1-3-22-20(23-14-7-9-18-15-25-26-17(18)2)24-16-21(12-8-13-21)19-10-5-4-6-11-19;/h4-6,10-11,15H,3,7-9,12-14,16H2,1-2H3,(H,25,26)(H2,22,23,24);1H. The number of guanidine groups is 1. The van der Waals surface area contributed by atoms with Crippen LogP contribution in [0.1, 0.15) is 49.4 Å². The van der Waals surface area contributed by atoms with Crippen LogP contribution >= 0.6 is 24.0 Å². The third-order valence-corrected chi connectivity index (χ3v) is 5.43. The minimum atomic E-state index is 0. The van der Waals surface area contributed by atoms with Gasteiger partial charge in [0.15, 0.2) is 5.96 Å². The van der Waals surface area contributed by atoms with Gasteiger partial charge in [0.25, 0.3) is 0 Å². The Morgan fingerprint density at radius 3 is 2.59 bits per heavy atom. The van der Waals surface area contributed by atoms with E-state index in [0.29, 0.717) is 0 Å². The third-order valence-electron chi connectivity index (χ3n) is 5.43. The van der Waals surface area contributed by atoms with Crippen LogP contribution in [-0.4, -0.2) is 35.8 Å². The molecule has 6 heteroatoms. The minimum absolute atomic E-state index is 0. The molecule has 1 aromatic heterocycles. The van der Waals surface area contributed by atoms with Gasteiger partial charge in [-0.25, -0.2) is 0 Å². The molecule has 0 bridgehead atoms. The highest BCUT2D eigenvalue weighted by molar-refractivity contribution is 14.0. The Labute approximate surface area is 179 Å². The smallest absolute Gasteiger partial charge is 0.191 e. The first kappa shape index (κ1) is 21.7. The number of halogens is 1. The lowest BCUT2D eigenvalue weighted by molar-refractivity contribution is 0.253. The monoisotopic (exact) mass is 481 g/mol. The zero-order valence-electron chi connectivity index (χ0n) is 16.4. The second-order valence-electron chi connectivity index (χ2n) is 7.25. The lowest BCUT2D eigenvalue weighted by atomic mass is 9.64. The molecule has 0 radical (unpaired) electrons. The number of aromatic nitrogens is 2. The quantitative estimate of drug-likeness (QED) is 0.232. The lowest BCUT2D eigenvalue weighted by Gasteiger charge is -2.41. The van der Waals surface area contributed by atoms with Crippen LogP contribution in [0.5, 0.6) is 0 Å². The summed E-state index contributed by atoms with van der Waals surface area (Å²) in [5.74, 6) is 0.929. The van der Waals surface area contributed by atoms with Crippen molar-refractivity contribution in [2.24, 2.45) is 4.99 Å². The molecule has 1 heterocycles. The van der Waals surface area contributed by atoms with Crippen LogP contribution in [0.4, 0.5) is 0 Å². The fourth-order valence-corrected chi connectivity index (χ4v) is 3.62. The Morgan fingerprint density at radius 1 is 1.22 bits per heavy atom. The van der Waals surface area contributed by atoms with Gasteiger partial charge in [0.05, 0.1) is 12.7 Å². The largest absolute Gasteiger partial charge is 0.357 e. The van der Waals surface area contributed by atoms with E-state index in [9.17, 15) is 0 Å². The molecule has 0 atom stereocenters. The molecule has 27 heavy (non-hydrogen) atoms. The van der Waals surface area contributed by atoms with Crippen LogP contribution in [0.3, 0.4) is 0 Å². The molecule has 0 aliphatic heterocycles. The maximum atomic E-state index is 4.91. The van der Waals surface area contributed by atoms with Gasteiger partial charge in [-0.3, -0.25) is 10.1 Å². The van der Waals surface area contributed by atoms with Gasteiger partial charge in [0.2, 0.25) is 0 Å². The summed E-state index contributed by atoms with van der Waals surface area (Å²) in [4.78, 5) is 4.91. The molecule has 3 rings (SSSR count). The maximum absolute atomic E-state index is 4.91. The van der Waals surface area contributed by atoms with Gasteiger partial charge in [-0.15, -0.1) is 24.0 Å². The molecule has 0 saturated heterocycles. The number of benzene rings is 1. The van der Waals surface area contributed by atoms with E-state index in [2.05, 4.69) is 65.0 Å². The van der Waals surface area contributed by atoms with Crippen molar-refractivity contribution in [2.75, 3.05) is 19.6 Å². The Kier molecular flexibility index (Phi) is 8.60. The van der Waals surface area contributed by atoms with E-state index >= 15 is 0 Å². The molecular formula is C21H32IN5. The van der Waals surface area contributed by atoms with Gasteiger partial charge in [0, 0.05) is 24.2 Å². The molecule has 1 aromatic carbocycles. The normalized spacial score (nSPS) is 15.6. The molecule has 148 valence electrons. The topological polar surface area (TPSA) is 65.1 Å². The Bertz CT molecular complexity index is 706. The molecule has 0 unspecified atom stereocenters. The van der Waals surface area contributed by atoms with Crippen LogP contribution in [-0.2, 0) is 11.8 Å². The Morgan fingerprint density at radius 2 is 2.00 bits per heavy atom. The molecule has 2 aromatic rings. The van der Waals surface area contributed by atoms with Gasteiger partial charge >= 0.3 is 0 Å².